The zero-order valence-corrected chi connectivity index (χ0v) is 24.8. The molecule has 2 amide bonds. The van der Waals surface area contributed by atoms with Crippen molar-refractivity contribution in [3.05, 3.63) is 120 Å². The number of hydrogen-bond acceptors (Lipinski definition) is 5. The Morgan fingerprint density at radius 2 is 1.38 bits per heavy atom. The van der Waals surface area contributed by atoms with Gasteiger partial charge in [0.15, 0.2) is 0 Å². The lowest BCUT2D eigenvalue weighted by atomic mass is 10.1. The van der Waals surface area contributed by atoms with Crippen LogP contribution in [0.15, 0.2) is 114 Å². The van der Waals surface area contributed by atoms with Crippen LogP contribution in [0.3, 0.4) is 0 Å². The van der Waals surface area contributed by atoms with Gasteiger partial charge in [-0.15, -0.1) is 0 Å². The van der Waals surface area contributed by atoms with Crippen LogP contribution in [-0.4, -0.2) is 44.3 Å². The van der Waals surface area contributed by atoms with Crippen molar-refractivity contribution in [2.45, 2.75) is 38.3 Å². The van der Waals surface area contributed by atoms with Gasteiger partial charge < -0.3 is 15.0 Å². The van der Waals surface area contributed by atoms with Gasteiger partial charge in [-0.25, -0.2) is 8.42 Å². The molecule has 0 aliphatic rings. The van der Waals surface area contributed by atoms with Crippen LogP contribution in [-0.2, 0) is 26.2 Å². The zero-order chi connectivity index (χ0) is 30.1. The van der Waals surface area contributed by atoms with Crippen LogP contribution in [0.5, 0.6) is 11.5 Å². The summed E-state index contributed by atoms with van der Waals surface area (Å²) in [5.41, 5.74) is 2.17. The molecule has 0 saturated carbocycles. The number of benzene rings is 4. The Kier molecular flexibility index (Phi) is 9.98. The molecule has 1 unspecified atom stereocenters. The fourth-order valence-electron chi connectivity index (χ4n) is 4.35. The third kappa shape index (κ3) is 7.55. The number of carbonyl (C=O) groups is 2. The number of hydrogen-bond donors (Lipinski definition) is 1. The fraction of sp³-hybridized carbons (Fsp3) is 0.212. The summed E-state index contributed by atoms with van der Waals surface area (Å²) >= 11 is 0. The third-order valence-electron chi connectivity index (χ3n) is 6.71. The predicted molar refractivity (Wildman–Crippen MR) is 164 cm³/mol. The first-order valence-corrected chi connectivity index (χ1v) is 15.2. The topological polar surface area (TPSA) is 96.0 Å². The molecule has 0 fully saturated rings. The van der Waals surface area contributed by atoms with E-state index in [4.69, 9.17) is 4.74 Å². The van der Waals surface area contributed by atoms with Gasteiger partial charge in [0.05, 0.1) is 10.6 Å². The lowest BCUT2D eigenvalue weighted by Crippen LogP contribution is -2.51. The maximum Gasteiger partial charge on any atom is 0.264 e. The molecular formula is C33H35N3O5S. The van der Waals surface area contributed by atoms with Crippen molar-refractivity contribution in [1.82, 2.24) is 10.2 Å². The summed E-state index contributed by atoms with van der Waals surface area (Å²) in [6, 6.07) is 30.5. The standard InChI is InChI=1S/C33H35N3O5S/c1-4-34-33(38)26(3)35(23-27-17-15-25(2)16-18-27)32(37)24-36(42(39,40)31-13-9-6-10-14-31)28-19-21-30(22-20-28)41-29-11-7-5-8-12-29/h5-22,26H,4,23-24H2,1-3H3,(H,34,38). The maximum absolute atomic E-state index is 13.9. The summed E-state index contributed by atoms with van der Waals surface area (Å²) in [4.78, 5) is 28.3. The molecule has 1 N–H and O–H groups in total. The van der Waals surface area contributed by atoms with E-state index in [1.165, 1.54) is 17.0 Å². The van der Waals surface area contributed by atoms with Crippen molar-refractivity contribution < 1.29 is 22.7 Å². The van der Waals surface area contributed by atoms with E-state index in [0.717, 1.165) is 15.4 Å². The number of sulfonamides is 1. The van der Waals surface area contributed by atoms with E-state index in [2.05, 4.69) is 5.32 Å². The summed E-state index contributed by atoms with van der Waals surface area (Å²) in [5, 5.41) is 2.76. The smallest absolute Gasteiger partial charge is 0.264 e. The molecule has 4 rings (SSSR count). The van der Waals surface area contributed by atoms with Gasteiger partial charge in [-0.3, -0.25) is 13.9 Å². The van der Waals surface area contributed by atoms with Crippen LogP contribution in [0.25, 0.3) is 0 Å². The molecule has 4 aromatic carbocycles. The minimum atomic E-state index is -4.14. The minimum absolute atomic E-state index is 0.0456. The Balaban J connectivity index is 1.68. The van der Waals surface area contributed by atoms with Crippen LogP contribution in [0.4, 0.5) is 5.69 Å². The quantitative estimate of drug-likeness (QED) is 0.236. The summed E-state index contributed by atoms with van der Waals surface area (Å²) in [6.45, 7) is 5.44. The van der Waals surface area contributed by atoms with Gasteiger partial charge >= 0.3 is 0 Å². The van der Waals surface area contributed by atoms with E-state index in [9.17, 15) is 18.0 Å². The molecule has 8 nitrogen and oxygen atoms in total. The van der Waals surface area contributed by atoms with Crippen molar-refractivity contribution in [2.24, 2.45) is 0 Å². The van der Waals surface area contributed by atoms with E-state index in [0.29, 0.717) is 18.0 Å². The van der Waals surface area contributed by atoms with E-state index in [-0.39, 0.29) is 23.0 Å². The first-order valence-electron chi connectivity index (χ1n) is 13.7. The monoisotopic (exact) mass is 585 g/mol. The van der Waals surface area contributed by atoms with Crippen molar-refractivity contribution in [2.75, 3.05) is 17.4 Å². The highest BCUT2D eigenvalue weighted by molar-refractivity contribution is 7.92. The van der Waals surface area contributed by atoms with E-state index in [1.54, 1.807) is 56.3 Å². The average molecular weight is 586 g/mol. The number of anilines is 1. The lowest BCUT2D eigenvalue weighted by Gasteiger charge is -2.32. The van der Waals surface area contributed by atoms with Gasteiger partial charge in [-0.1, -0.05) is 66.2 Å². The maximum atomic E-state index is 13.9. The van der Waals surface area contributed by atoms with Crippen LogP contribution < -0.4 is 14.4 Å². The number of nitrogens with one attached hydrogen (secondary N) is 1. The Morgan fingerprint density at radius 3 is 1.98 bits per heavy atom. The van der Waals surface area contributed by atoms with Crippen molar-refractivity contribution >= 4 is 27.5 Å². The molecule has 0 spiro atoms. The number of aryl methyl sites for hydroxylation is 1. The molecule has 0 bridgehead atoms. The molecule has 0 aliphatic carbocycles. The number of likely N-dealkylation sites (N-methyl/N-ethyl adjacent to an activating group) is 1. The van der Waals surface area contributed by atoms with Crippen LogP contribution >= 0.6 is 0 Å². The summed E-state index contributed by atoms with van der Waals surface area (Å²) in [6.07, 6.45) is 0. The van der Waals surface area contributed by atoms with E-state index < -0.39 is 28.5 Å². The molecule has 9 heteroatoms. The van der Waals surface area contributed by atoms with E-state index >= 15 is 0 Å². The molecule has 0 aromatic heterocycles. The van der Waals surface area contributed by atoms with E-state index in [1.807, 2.05) is 61.5 Å². The van der Waals surface area contributed by atoms with Gasteiger partial charge in [0.2, 0.25) is 11.8 Å². The Morgan fingerprint density at radius 1 is 0.810 bits per heavy atom. The average Bonchev–Trinajstić information content (AvgIpc) is 3.00. The first kappa shape index (κ1) is 30.3. The number of para-hydroxylation sites is 1. The number of amides is 2. The third-order valence-corrected chi connectivity index (χ3v) is 8.49. The molecule has 0 saturated heterocycles. The normalized spacial score (nSPS) is 11.8. The highest BCUT2D eigenvalue weighted by Crippen LogP contribution is 2.28. The highest BCUT2D eigenvalue weighted by Gasteiger charge is 2.32. The number of nitrogens with zero attached hydrogens (tertiary/aromatic N) is 2. The summed E-state index contributed by atoms with van der Waals surface area (Å²) < 4.78 is 34.8. The second-order valence-corrected chi connectivity index (χ2v) is 11.7. The van der Waals surface area contributed by atoms with Crippen molar-refractivity contribution in [3.63, 3.8) is 0 Å². The van der Waals surface area contributed by atoms with Gasteiger partial charge in [0, 0.05) is 13.1 Å². The molecule has 1 atom stereocenters. The lowest BCUT2D eigenvalue weighted by molar-refractivity contribution is -0.139. The fourth-order valence-corrected chi connectivity index (χ4v) is 5.78. The number of ether oxygens (including phenoxy) is 1. The van der Waals surface area contributed by atoms with Gasteiger partial charge in [0.1, 0.15) is 24.1 Å². The number of carbonyl (C=O) groups excluding carboxylic acids is 2. The molecule has 0 heterocycles. The van der Waals surface area contributed by atoms with Crippen molar-refractivity contribution in [1.29, 1.82) is 0 Å². The van der Waals surface area contributed by atoms with Crippen molar-refractivity contribution in [3.8, 4) is 11.5 Å². The molecule has 4 aromatic rings. The molecule has 42 heavy (non-hydrogen) atoms. The van der Waals surface area contributed by atoms with Crippen LogP contribution in [0.1, 0.15) is 25.0 Å². The second kappa shape index (κ2) is 13.8. The summed E-state index contributed by atoms with van der Waals surface area (Å²) in [7, 11) is -4.14. The predicted octanol–water partition coefficient (Wildman–Crippen LogP) is 5.54. The van der Waals surface area contributed by atoms with Gasteiger partial charge in [-0.05, 0) is 74.9 Å². The largest absolute Gasteiger partial charge is 0.457 e. The van der Waals surface area contributed by atoms with Crippen LogP contribution in [0.2, 0.25) is 0 Å². The number of rotatable bonds is 12. The van der Waals surface area contributed by atoms with Gasteiger partial charge in [-0.2, -0.15) is 0 Å². The zero-order valence-electron chi connectivity index (χ0n) is 23.9. The minimum Gasteiger partial charge on any atom is -0.457 e. The van der Waals surface area contributed by atoms with Crippen LogP contribution in [0, 0.1) is 6.92 Å². The molecule has 0 aliphatic heterocycles. The highest BCUT2D eigenvalue weighted by atomic mass is 32.2. The SMILES string of the molecule is CCNC(=O)C(C)N(Cc1ccc(C)cc1)C(=O)CN(c1ccc(Oc2ccccc2)cc1)S(=O)(=O)c1ccccc1. The first-order chi connectivity index (χ1) is 20.2. The Labute approximate surface area is 247 Å². The second-order valence-electron chi connectivity index (χ2n) is 9.81. The Bertz CT molecular complexity index is 1580. The summed E-state index contributed by atoms with van der Waals surface area (Å²) in [5.74, 6) is 0.316. The molecule has 218 valence electrons. The van der Waals surface area contributed by atoms with Gasteiger partial charge in [0.25, 0.3) is 10.0 Å². The molecular weight excluding hydrogens is 550 g/mol. The Hall–Kier alpha value is -4.63. The molecule has 0 radical (unpaired) electrons.